The molecule has 0 unspecified atom stereocenters. The van der Waals surface area contributed by atoms with Crippen molar-refractivity contribution in [1.82, 2.24) is 0 Å². The molecule has 0 bridgehead atoms. The van der Waals surface area contributed by atoms with Gasteiger partial charge in [-0.05, 0) is 18.2 Å². The minimum Gasteiger partial charge on any atom is -0.507 e. The average molecular weight is 189 g/mol. The third-order valence-corrected chi connectivity index (χ3v) is 1.60. The fraction of sp³-hybridized carbons (Fsp3) is 0. The maximum absolute atomic E-state index is 10.2. The van der Waals surface area contributed by atoms with Gasteiger partial charge in [0.2, 0.25) is 0 Å². The largest absolute Gasteiger partial charge is 0.507 e. The molecule has 0 fully saturated rings. The lowest BCUT2D eigenvalue weighted by Crippen LogP contribution is -1.88. The first kappa shape index (κ1) is 9.81. The molecule has 1 aromatic rings. The maximum Gasteiger partial charge on any atom is 0.328 e. The van der Waals surface area contributed by atoms with Gasteiger partial charge in [-0.1, -0.05) is 6.07 Å². The highest BCUT2D eigenvalue weighted by atomic mass is 16.4. The van der Waals surface area contributed by atoms with Crippen molar-refractivity contribution >= 4 is 12.0 Å². The zero-order valence-electron chi connectivity index (χ0n) is 7.14. The van der Waals surface area contributed by atoms with E-state index in [-0.39, 0.29) is 16.9 Å². The first-order valence-electron chi connectivity index (χ1n) is 3.78. The zero-order valence-corrected chi connectivity index (χ0v) is 7.14. The van der Waals surface area contributed by atoms with E-state index >= 15 is 0 Å². The minimum absolute atomic E-state index is 0.110. The van der Waals surface area contributed by atoms with Gasteiger partial charge in [0.05, 0.1) is 11.6 Å². The molecule has 1 aromatic carbocycles. The van der Waals surface area contributed by atoms with E-state index in [0.717, 1.165) is 6.08 Å². The lowest BCUT2D eigenvalue weighted by atomic mass is 10.1. The number of aromatic hydroxyl groups is 1. The fourth-order valence-electron chi connectivity index (χ4n) is 0.980. The van der Waals surface area contributed by atoms with Gasteiger partial charge in [0.1, 0.15) is 5.75 Å². The van der Waals surface area contributed by atoms with E-state index in [1.807, 2.05) is 6.07 Å². The van der Waals surface area contributed by atoms with Gasteiger partial charge in [-0.15, -0.1) is 0 Å². The van der Waals surface area contributed by atoms with Gasteiger partial charge in [-0.25, -0.2) is 4.79 Å². The van der Waals surface area contributed by atoms with Crippen LogP contribution in [0.4, 0.5) is 0 Å². The Balaban J connectivity index is 3.19. The molecule has 0 saturated heterocycles. The minimum atomic E-state index is -1.13. The van der Waals surface area contributed by atoms with E-state index < -0.39 is 5.97 Å². The number of carboxylic acid groups (broad SMARTS) is 1. The first-order chi connectivity index (χ1) is 6.65. The number of carbonyl (C=O) groups is 1. The van der Waals surface area contributed by atoms with Crippen molar-refractivity contribution in [2.45, 2.75) is 0 Å². The molecule has 0 amide bonds. The highest BCUT2D eigenvalue weighted by Gasteiger charge is 2.03. The molecular weight excluding hydrogens is 182 g/mol. The van der Waals surface area contributed by atoms with Crippen molar-refractivity contribution in [3.05, 3.63) is 35.4 Å². The highest BCUT2D eigenvalue weighted by molar-refractivity contribution is 5.86. The van der Waals surface area contributed by atoms with E-state index in [0.29, 0.717) is 0 Å². The molecule has 14 heavy (non-hydrogen) atoms. The quantitative estimate of drug-likeness (QED) is 0.688. The summed E-state index contributed by atoms with van der Waals surface area (Å²) in [7, 11) is 0. The number of carboxylic acids is 1. The van der Waals surface area contributed by atoms with Crippen molar-refractivity contribution in [1.29, 1.82) is 5.26 Å². The number of phenols is 1. The van der Waals surface area contributed by atoms with Crippen molar-refractivity contribution in [2.24, 2.45) is 0 Å². The number of phenolic OH excluding ortho intramolecular Hbond substituents is 1. The first-order valence-corrected chi connectivity index (χ1v) is 3.78. The maximum atomic E-state index is 10.2. The fourth-order valence-corrected chi connectivity index (χ4v) is 0.980. The van der Waals surface area contributed by atoms with Crippen LogP contribution < -0.4 is 0 Å². The Morgan fingerprint density at radius 1 is 1.50 bits per heavy atom. The number of hydrogen-bond donors (Lipinski definition) is 2. The third-order valence-electron chi connectivity index (χ3n) is 1.60. The molecule has 4 nitrogen and oxygen atoms in total. The van der Waals surface area contributed by atoms with E-state index in [1.54, 1.807) is 0 Å². The summed E-state index contributed by atoms with van der Waals surface area (Å²) in [6.07, 6.45) is 2.06. The van der Waals surface area contributed by atoms with Crippen LogP contribution in [0, 0.1) is 11.3 Å². The number of hydrogen-bond acceptors (Lipinski definition) is 3. The summed E-state index contributed by atoms with van der Waals surface area (Å²) in [5, 5.41) is 26.4. The van der Waals surface area contributed by atoms with Gasteiger partial charge in [-0.3, -0.25) is 0 Å². The predicted octanol–water partition coefficient (Wildman–Crippen LogP) is 1.36. The van der Waals surface area contributed by atoms with E-state index in [4.69, 9.17) is 10.4 Å². The third kappa shape index (κ3) is 2.11. The van der Waals surface area contributed by atoms with Gasteiger partial charge in [-0.2, -0.15) is 5.26 Å². The molecule has 0 heterocycles. The van der Waals surface area contributed by atoms with E-state index in [1.165, 1.54) is 24.3 Å². The van der Waals surface area contributed by atoms with Gasteiger partial charge in [0.15, 0.2) is 0 Å². The van der Waals surface area contributed by atoms with Gasteiger partial charge < -0.3 is 10.2 Å². The zero-order chi connectivity index (χ0) is 10.6. The van der Waals surface area contributed by atoms with Crippen LogP contribution in [0.5, 0.6) is 5.75 Å². The molecule has 0 aliphatic rings. The van der Waals surface area contributed by atoms with Crippen LogP contribution in [0.25, 0.3) is 6.08 Å². The van der Waals surface area contributed by atoms with Crippen LogP contribution in [0.3, 0.4) is 0 Å². The van der Waals surface area contributed by atoms with E-state index in [2.05, 4.69) is 0 Å². The van der Waals surface area contributed by atoms with Crippen molar-refractivity contribution in [2.75, 3.05) is 0 Å². The van der Waals surface area contributed by atoms with Crippen LogP contribution in [0.15, 0.2) is 24.3 Å². The Morgan fingerprint density at radius 3 is 2.79 bits per heavy atom. The number of rotatable bonds is 2. The van der Waals surface area contributed by atoms with Gasteiger partial charge in [0.25, 0.3) is 0 Å². The molecule has 0 aliphatic carbocycles. The second kappa shape index (κ2) is 4.10. The van der Waals surface area contributed by atoms with Crippen LogP contribution in [0.1, 0.15) is 11.1 Å². The van der Waals surface area contributed by atoms with Crippen molar-refractivity contribution < 1.29 is 15.0 Å². The molecule has 0 saturated carbocycles. The monoisotopic (exact) mass is 189 g/mol. The lowest BCUT2D eigenvalue weighted by Gasteiger charge is -1.99. The summed E-state index contributed by atoms with van der Waals surface area (Å²) < 4.78 is 0. The molecule has 0 atom stereocenters. The topological polar surface area (TPSA) is 81.3 Å². The summed E-state index contributed by atoms with van der Waals surface area (Å²) in [4.78, 5) is 10.2. The second-order valence-corrected chi connectivity index (χ2v) is 2.52. The lowest BCUT2D eigenvalue weighted by molar-refractivity contribution is -0.131. The summed E-state index contributed by atoms with van der Waals surface area (Å²) >= 11 is 0. The standard InChI is InChI=1S/C10H7NO3/c11-6-7-2-1-3-9(12)8(7)4-5-10(13)14/h1-5,12H,(H,13,14)/b5-4+. The van der Waals surface area contributed by atoms with Crippen LogP contribution >= 0.6 is 0 Å². The smallest absolute Gasteiger partial charge is 0.328 e. The number of nitriles is 1. The van der Waals surface area contributed by atoms with Crippen molar-refractivity contribution in [3.8, 4) is 11.8 Å². The Hall–Kier alpha value is -2.28. The molecular formula is C10H7NO3. The number of aliphatic carboxylic acids is 1. The Kier molecular flexibility index (Phi) is 2.87. The molecule has 70 valence electrons. The summed E-state index contributed by atoms with van der Waals surface area (Å²) in [6, 6.07) is 6.27. The average Bonchev–Trinajstić information content (AvgIpc) is 2.15. The molecule has 0 spiro atoms. The van der Waals surface area contributed by atoms with Gasteiger partial charge in [0, 0.05) is 11.6 Å². The molecule has 0 aliphatic heterocycles. The highest BCUT2D eigenvalue weighted by Crippen LogP contribution is 2.21. The Morgan fingerprint density at radius 2 is 2.21 bits per heavy atom. The summed E-state index contributed by atoms with van der Waals surface area (Å²) in [6.45, 7) is 0. The van der Waals surface area contributed by atoms with Gasteiger partial charge >= 0.3 is 5.97 Å². The Bertz CT molecular complexity index is 429. The SMILES string of the molecule is N#Cc1cccc(O)c1/C=C/C(=O)O. The molecule has 0 aromatic heterocycles. The molecule has 0 radical (unpaired) electrons. The summed E-state index contributed by atoms with van der Waals surface area (Å²) in [5.74, 6) is -1.24. The normalized spacial score (nSPS) is 9.93. The second-order valence-electron chi connectivity index (χ2n) is 2.52. The predicted molar refractivity (Wildman–Crippen MR) is 49.5 cm³/mol. The van der Waals surface area contributed by atoms with Crippen LogP contribution in [-0.2, 0) is 4.79 Å². The summed E-state index contributed by atoms with van der Waals surface area (Å²) in [5.41, 5.74) is 0.458. The van der Waals surface area contributed by atoms with Crippen molar-refractivity contribution in [3.63, 3.8) is 0 Å². The number of nitrogens with zero attached hydrogens (tertiary/aromatic N) is 1. The molecule has 2 N–H and O–H groups in total. The number of benzene rings is 1. The van der Waals surface area contributed by atoms with Crippen LogP contribution in [-0.4, -0.2) is 16.2 Å². The molecule has 1 rings (SSSR count). The Labute approximate surface area is 80.3 Å². The molecule has 4 heteroatoms. The van der Waals surface area contributed by atoms with Crippen LogP contribution in [0.2, 0.25) is 0 Å². The van der Waals surface area contributed by atoms with E-state index in [9.17, 15) is 9.90 Å².